The Morgan fingerprint density at radius 1 is 1.14 bits per heavy atom. The van der Waals surface area contributed by atoms with Crippen LogP contribution in [0.3, 0.4) is 0 Å². The highest BCUT2D eigenvalue weighted by Gasteiger charge is 2.53. The van der Waals surface area contributed by atoms with Crippen LogP contribution in [0.1, 0.15) is 34.1 Å². The summed E-state index contributed by atoms with van der Waals surface area (Å²) in [7, 11) is -0.817. The van der Waals surface area contributed by atoms with E-state index in [2.05, 4.69) is 0 Å². The molecule has 2 aliphatic heterocycles. The van der Waals surface area contributed by atoms with E-state index >= 15 is 0 Å². The number of hydrogen-bond donors (Lipinski definition) is 0. The van der Waals surface area contributed by atoms with Crippen molar-refractivity contribution in [2.75, 3.05) is 19.6 Å². The first-order valence-corrected chi connectivity index (χ1v) is 6.93. The minimum Gasteiger partial charge on any atom is -0.399 e. The van der Waals surface area contributed by atoms with Crippen molar-refractivity contribution in [3.05, 3.63) is 11.3 Å². The van der Waals surface area contributed by atoms with Gasteiger partial charge in [-0.2, -0.15) is 13.2 Å². The molecule has 0 unspecified atom stereocenters. The highest BCUT2D eigenvalue weighted by atomic mass is 19.4. The molecule has 120 valence electrons. The van der Waals surface area contributed by atoms with Crippen molar-refractivity contribution >= 4 is 7.12 Å². The summed E-state index contributed by atoms with van der Waals surface area (Å²) < 4.78 is 62.7. The van der Waals surface area contributed by atoms with E-state index in [1.165, 1.54) is 0 Å². The first kappa shape index (κ1) is 16.8. The van der Waals surface area contributed by atoms with Crippen LogP contribution in [-0.4, -0.2) is 49.0 Å². The zero-order valence-electron chi connectivity index (χ0n) is 12.7. The molecule has 0 bridgehead atoms. The third-order valence-electron chi connectivity index (χ3n) is 4.35. The molecule has 0 amide bonds. The van der Waals surface area contributed by atoms with Gasteiger partial charge in [0.2, 0.25) is 0 Å². The van der Waals surface area contributed by atoms with Gasteiger partial charge in [-0.05, 0) is 39.6 Å². The first-order chi connectivity index (χ1) is 9.41. The van der Waals surface area contributed by atoms with Gasteiger partial charge in [0.1, 0.15) is 5.83 Å². The van der Waals surface area contributed by atoms with E-state index in [0.717, 1.165) is 4.90 Å². The predicted molar refractivity (Wildman–Crippen MR) is 71.3 cm³/mol. The summed E-state index contributed by atoms with van der Waals surface area (Å²) in [6.45, 7) is 6.10. The lowest BCUT2D eigenvalue weighted by molar-refractivity contribution is -0.145. The molecule has 2 aliphatic rings. The number of nitrogens with zero attached hydrogens (tertiary/aromatic N) is 1. The first-order valence-electron chi connectivity index (χ1n) is 6.93. The number of alkyl halides is 3. The summed E-state index contributed by atoms with van der Waals surface area (Å²) >= 11 is 0. The van der Waals surface area contributed by atoms with Gasteiger partial charge in [0.25, 0.3) is 0 Å². The van der Waals surface area contributed by atoms with Gasteiger partial charge in [0, 0.05) is 13.1 Å². The zero-order chi connectivity index (χ0) is 16.1. The zero-order valence-corrected chi connectivity index (χ0v) is 12.7. The molecule has 3 nitrogen and oxygen atoms in total. The molecule has 1 saturated heterocycles. The van der Waals surface area contributed by atoms with Gasteiger partial charge < -0.3 is 9.31 Å². The maximum Gasteiger partial charge on any atom is 0.493 e. The maximum atomic E-state index is 14.1. The second-order valence-electron chi connectivity index (χ2n) is 6.59. The van der Waals surface area contributed by atoms with Crippen LogP contribution in [0.25, 0.3) is 0 Å². The third kappa shape index (κ3) is 3.60. The van der Waals surface area contributed by atoms with Gasteiger partial charge in [-0.3, -0.25) is 4.90 Å². The fraction of sp³-hybridized carbons (Fsp3) is 0.846. The minimum absolute atomic E-state index is 0.145. The van der Waals surface area contributed by atoms with Crippen LogP contribution < -0.4 is 0 Å². The quantitative estimate of drug-likeness (QED) is 0.578. The van der Waals surface area contributed by atoms with Gasteiger partial charge in [-0.25, -0.2) is 4.39 Å². The Bertz CT molecular complexity index is 432. The molecule has 0 saturated carbocycles. The molecule has 0 N–H and O–H groups in total. The van der Waals surface area contributed by atoms with Crippen LogP contribution in [0.5, 0.6) is 0 Å². The Kier molecular flexibility index (Phi) is 4.19. The summed E-state index contributed by atoms with van der Waals surface area (Å²) in [5.74, 6) is -0.580. The highest BCUT2D eigenvalue weighted by Crippen LogP contribution is 2.40. The van der Waals surface area contributed by atoms with E-state index < -0.39 is 36.9 Å². The smallest absolute Gasteiger partial charge is 0.399 e. The molecule has 0 atom stereocenters. The normalized spacial score (nSPS) is 26.6. The minimum atomic E-state index is -4.32. The molecule has 2 heterocycles. The van der Waals surface area contributed by atoms with Crippen LogP contribution in [0.2, 0.25) is 0 Å². The van der Waals surface area contributed by atoms with Gasteiger partial charge in [0.05, 0.1) is 17.7 Å². The van der Waals surface area contributed by atoms with Crippen molar-refractivity contribution in [3.63, 3.8) is 0 Å². The lowest BCUT2D eigenvalue weighted by atomic mass is 9.74. The van der Waals surface area contributed by atoms with Crippen LogP contribution in [-0.2, 0) is 9.31 Å². The average molecular weight is 309 g/mol. The molecule has 0 spiro atoms. The summed E-state index contributed by atoms with van der Waals surface area (Å²) in [5.41, 5.74) is -0.852. The summed E-state index contributed by atoms with van der Waals surface area (Å²) in [6, 6.07) is 0. The Labute approximate surface area is 122 Å². The van der Waals surface area contributed by atoms with Crippen LogP contribution >= 0.6 is 0 Å². The fourth-order valence-corrected chi connectivity index (χ4v) is 2.41. The Morgan fingerprint density at radius 2 is 1.67 bits per heavy atom. The van der Waals surface area contributed by atoms with Crippen molar-refractivity contribution in [1.29, 1.82) is 0 Å². The van der Waals surface area contributed by atoms with E-state index in [1.807, 2.05) is 27.7 Å². The van der Waals surface area contributed by atoms with Gasteiger partial charge in [-0.1, -0.05) is 0 Å². The van der Waals surface area contributed by atoms with Crippen molar-refractivity contribution in [2.24, 2.45) is 0 Å². The Hall–Kier alpha value is -0.595. The van der Waals surface area contributed by atoms with Crippen LogP contribution in [0.15, 0.2) is 11.3 Å². The molecule has 0 aromatic rings. The van der Waals surface area contributed by atoms with Crippen LogP contribution in [0, 0.1) is 0 Å². The third-order valence-corrected chi connectivity index (χ3v) is 4.35. The van der Waals surface area contributed by atoms with E-state index in [-0.39, 0.29) is 19.5 Å². The molecule has 21 heavy (non-hydrogen) atoms. The lowest BCUT2D eigenvalue weighted by Gasteiger charge is -2.32. The SMILES string of the molecule is CC1(C)OB(C2=C(F)CN(CC(F)(F)F)CC2)OC1(C)C. The summed E-state index contributed by atoms with van der Waals surface area (Å²) in [6.07, 6.45) is -4.14. The van der Waals surface area contributed by atoms with E-state index in [1.54, 1.807) is 0 Å². The molecule has 8 heteroatoms. The molecular weight excluding hydrogens is 289 g/mol. The van der Waals surface area contributed by atoms with Gasteiger partial charge in [0.15, 0.2) is 0 Å². The Morgan fingerprint density at radius 3 is 2.10 bits per heavy atom. The topological polar surface area (TPSA) is 21.7 Å². The van der Waals surface area contributed by atoms with Crippen molar-refractivity contribution < 1.29 is 26.9 Å². The molecule has 0 radical (unpaired) electrons. The Balaban J connectivity index is 2.08. The van der Waals surface area contributed by atoms with Crippen molar-refractivity contribution in [2.45, 2.75) is 51.5 Å². The predicted octanol–water partition coefficient (Wildman–Crippen LogP) is 3.11. The van der Waals surface area contributed by atoms with Gasteiger partial charge >= 0.3 is 13.3 Å². The molecule has 2 rings (SSSR count). The molecule has 0 aromatic heterocycles. The number of halogens is 4. The lowest BCUT2D eigenvalue weighted by Crippen LogP contribution is -2.41. The van der Waals surface area contributed by atoms with E-state index in [0.29, 0.717) is 5.47 Å². The standard InChI is InChI=1S/C13H20BF4NO2/c1-11(2)12(3,4)21-14(20-11)9-5-6-19(7-10(9)15)8-13(16,17)18/h5-8H2,1-4H3. The second-order valence-corrected chi connectivity index (χ2v) is 6.59. The van der Waals surface area contributed by atoms with E-state index in [4.69, 9.17) is 9.31 Å². The second kappa shape index (κ2) is 5.24. The van der Waals surface area contributed by atoms with E-state index in [9.17, 15) is 17.6 Å². The average Bonchev–Trinajstić information content (AvgIpc) is 2.45. The molecule has 1 fully saturated rings. The molecule has 0 aromatic carbocycles. The highest BCUT2D eigenvalue weighted by molar-refractivity contribution is 6.54. The number of hydrogen-bond acceptors (Lipinski definition) is 3. The number of rotatable bonds is 2. The molecular formula is C13H20BF4NO2. The summed E-state index contributed by atoms with van der Waals surface area (Å²) in [4.78, 5) is 1.05. The monoisotopic (exact) mass is 309 g/mol. The van der Waals surface area contributed by atoms with Crippen molar-refractivity contribution in [1.82, 2.24) is 4.90 Å². The van der Waals surface area contributed by atoms with Crippen molar-refractivity contribution in [3.8, 4) is 0 Å². The molecule has 0 aliphatic carbocycles. The maximum absolute atomic E-state index is 14.1. The fourth-order valence-electron chi connectivity index (χ4n) is 2.41. The summed E-state index contributed by atoms with van der Waals surface area (Å²) in [5, 5.41) is 0. The largest absolute Gasteiger partial charge is 0.493 e. The van der Waals surface area contributed by atoms with Crippen LogP contribution in [0.4, 0.5) is 17.6 Å². The van der Waals surface area contributed by atoms with Gasteiger partial charge in [-0.15, -0.1) is 0 Å².